The van der Waals surface area contributed by atoms with E-state index in [0.29, 0.717) is 13.0 Å². The molecule has 4 nitrogen and oxygen atoms in total. The number of hydrogen-bond donors (Lipinski definition) is 0. The van der Waals surface area contributed by atoms with E-state index in [1.807, 2.05) is 31.2 Å². The number of methoxy groups -OCH3 is 2. The van der Waals surface area contributed by atoms with Crippen LogP contribution in [0.4, 0.5) is 0 Å². The Morgan fingerprint density at radius 1 is 1.33 bits per heavy atom. The molecule has 0 spiro atoms. The van der Waals surface area contributed by atoms with Crippen LogP contribution in [0.15, 0.2) is 24.3 Å². The van der Waals surface area contributed by atoms with Crippen LogP contribution in [0.5, 0.6) is 5.75 Å². The SMILES string of the molecule is COCCC(=O)N(C)C(C)c1ccccc1OC. The van der Waals surface area contributed by atoms with Crippen molar-refractivity contribution in [3.05, 3.63) is 29.8 Å². The second kappa shape index (κ2) is 7.01. The minimum atomic E-state index is -0.0227. The Hall–Kier alpha value is -1.55. The van der Waals surface area contributed by atoms with Crippen LogP contribution >= 0.6 is 0 Å². The topological polar surface area (TPSA) is 38.8 Å². The molecule has 1 rings (SSSR count). The number of hydrogen-bond acceptors (Lipinski definition) is 3. The van der Waals surface area contributed by atoms with Gasteiger partial charge in [-0.3, -0.25) is 4.79 Å². The summed E-state index contributed by atoms with van der Waals surface area (Å²) in [7, 11) is 5.03. The van der Waals surface area contributed by atoms with Gasteiger partial charge in [-0.15, -0.1) is 0 Å². The van der Waals surface area contributed by atoms with Gasteiger partial charge in [-0.05, 0) is 13.0 Å². The van der Waals surface area contributed by atoms with E-state index in [1.54, 1.807) is 26.2 Å². The molecule has 0 radical (unpaired) electrons. The molecule has 18 heavy (non-hydrogen) atoms. The van der Waals surface area contributed by atoms with Gasteiger partial charge in [0, 0.05) is 19.7 Å². The molecule has 1 atom stereocenters. The van der Waals surface area contributed by atoms with Gasteiger partial charge in [0.05, 0.1) is 26.2 Å². The first-order valence-corrected chi connectivity index (χ1v) is 5.99. The average molecular weight is 251 g/mol. The van der Waals surface area contributed by atoms with E-state index in [1.165, 1.54) is 0 Å². The Morgan fingerprint density at radius 2 is 2.00 bits per heavy atom. The van der Waals surface area contributed by atoms with Crippen molar-refractivity contribution in [2.75, 3.05) is 27.9 Å². The van der Waals surface area contributed by atoms with E-state index < -0.39 is 0 Å². The Morgan fingerprint density at radius 3 is 2.61 bits per heavy atom. The molecule has 1 aromatic carbocycles. The maximum absolute atomic E-state index is 11.9. The minimum Gasteiger partial charge on any atom is -0.496 e. The van der Waals surface area contributed by atoms with Crippen molar-refractivity contribution in [1.29, 1.82) is 0 Å². The predicted octanol–water partition coefficient (Wildman–Crippen LogP) is 2.25. The van der Waals surface area contributed by atoms with Crippen molar-refractivity contribution in [3.63, 3.8) is 0 Å². The number of ether oxygens (including phenoxy) is 2. The summed E-state index contributed by atoms with van der Waals surface area (Å²) in [5, 5.41) is 0. The van der Waals surface area contributed by atoms with Gasteiger partial charge in [-0.1, -0.05) is 18.2 Å². The normalized spacial score (nSPS) is 12.0. The highest BCUT2D eigenvalue weighted by atomic mass is 16.5. The summed E-state index contributed by atoms with van der Waals surface area (Å²) in [5.74, 6) is 0.867. The smallest absolute Gasteiger partial charge is 0.225 e. The van der Waals surface area contributed by atoms with Gasteiger partial charge in [0.25, 0.3) is 0 Å². The van der Waals surface area contributed by atoms with E-state index in [2.05, 4.69) is 0 Å². The van der Waals surface area contributed by atoms with Crippen molar-refractivity contribution >= 4 is 5.91 Å². The highest BCUT2D eigenvalue weighted by Crippen LogP contribution is 2.28. The number of nitrogens with zero attached hydrogens (tertiary/aromatic N) is 1. The fraction of sp³-hybridized carbons (Fsp3) is 0.500. The lowest BCUT2D eigenvalue weighted by Gasteiger charge is -2.26. The Labute approximate surface area is 108 Å². The summed E-state index contributed by atoms with van der Waals surface area (Å²) in [6.07, 6.45) is 0.395. The first-order valence-electron chi connectivity index (χ1n) is 5.99. The van der Waals surface area contributed by atoms with E-state index >= 15 is 0 Å². The van der Waals surface area contributed by atoms with Gasteiger partial charge in [0.1, 0.15) is 5.75 Å². The van der Waals surface area contributed by atoms with Crippen LogP contribution in [-0.4, -0.2) is 38.7 Å². The van der Waals surface area contributed by atoms with Gasteiger partial charge >= 0.3 is 0 Å². The van der Waals surface area contributed by atoms with Gasteiger partial charge in [-0.25, -0.2) is 0 Å². The largest absolute Gasteiger partial charge is 0.496 e. The highest BCUT2D eigenvalue weighted by Gasteiger charge is 2.19. The summed E-state index contributed by atoms with van der Waals surface area (Å²) in [4.78, 5) is 13.6. The Balaban J connectivity index is 2.79. The van der Waals surface area contributed by atoms with Crippen molar-refractivity contribution in [1.82, 2.24) is 4.90 Å². The third-order valence-corrected chi connectivity index (χ3v) is 3.08. The van der Waals surface area contributed by atoms with E-state index in [9.17, 15) is 4.79 Å². The monoisotopic (exact) mass is 251 g/mol. The standard InChI is InChI=1S/C14H21NO3/c1-11(15(2)14(16)9-10-17-3)12-7-5-6-8-13(12)18-4/h5-8,11H,9-10H2,1-4H3. The molecule has 1 amide bonds. The molecule has 100 valence electrons. The summed E-state index contributed by atoms with van der Waals surface area (Å²) in [5.41, 5.74) is 1.01. The fourth-order valence-corrected chi connectivity index (χ4v) is 1.80. The second-order valence-corrected chi connectivity index (χ2v) is 4.17. The number of benzene rings is 1. The molecule has 0 aliphatic rings. The fourth-order valence-electron chi connectivity index (χ4n) is 1.80. The number of rotatable bonds is 6. The summed E-state index contributed by atoms with van der Waals surface area (Å²) in [6, 6.07) is 7.72. The molecule has 1 unspecified atom stereocenters. The molecule has 0 aromatic heterocycles. The molecule has 0 heterocycles. The molecule has 0 aliphatic heterocycles. The molecule has 0 saturated carbocycles. The lowest BCUT2D eigenvalue weighted by molar-refractivity contribution is -0.132. The van der Waals surface area contributed by atoms with Crippen molar-refractivity contribution in [3.8, 4) is 5.75 Å². The number of carbonyl (C=O) groups is 1. The molecular formula is C14H21NO3. The highest BCUT2D eigenvalue weighted by molar-refractivity contribution is 5.76. The van der Waals surface area contributed by atoms with Gasteiger partial charge in [-0.2, -0.15) is 0 Å². The van der Waals surface area contributed by atoms with Crippen LogP contribution in [-0.2, 0) is 9.53 Å². The van der Waals surface area contributed by atoms with E-state index in [4.69, 9.17) is 9.47 Å². The zero-order chi connectivity index (χ0) is 13.5. The first-order chi connectivity index (χ1) is 8.61. The molecule has 0 aliphatic carbocycles. The van der Waals surface area contributed by atoms with Crippen LogP contribution in [0.1, 0.15) is 24.9 Å². The zero-order valence-corrected chi connectivity index (χ0v) is 11.5. The maximum atomic E-state index is 11.9. The second-order valence-electron chi connectivity index (χ2n) is 4.17. The summed E-state index contributed by atoms with van der Waals surface area (Å²) in [6.45, 7) is 2.43. The summed E-state index contributed by atoms with van der Waals surface area (Å²) < 4.78 is 10.2. The Bertz CT molecular complexity index is 392. The molecule has 0 saturated heterocycles. The first kappa shape index (κ1) is 14.5. The van der Waals surface area contributed by atoms with Gasteiger partial charge < -0.3 is 14.4 Å². The van der Waals surface area contributed by atoms with E-state index in [-0.39, 0.29) is 11.9 Å². The van der Waals surface area contributed by atoms with Crippen molar-refractivity contribution in [2.24, 2.45) is 0 Å². The lowest BCUT2D eigenvalue weighted by atomic mass is 10.1. The number of carbonyl (C=O) groups excluding carboxylic acids is 1. The quantitative estimate of drug-likeness (QED) is 0.778. The molecule has 1 aromatic rings. The zero-order valence-electron chi connectivity index (χ0n) is 11.5. The number of amides is 1. The number of para-hydroxylation sites is 1. The van der Waals surface area contributed by atoms with E-state index in [0.717, 1.165) is 11.3 Å². The minimum absolute atomic E-state index is 0.0227. The van der Waals surface area contributed by atoms with Crippen molar-refractivity contribution in [2.45, 2.75) is 19.4 Å². The van der Waals surface area contributed by atoms with Crippen LogP contribution in [0, 0.1) is 0 Å². The lowest BCUT2D eigenvalue weighted by Crippen LogP contribution is -2.30. The average Bonchev–Trinajstić information content (AvgIpc) is 2.42. The third-order valence-electron chi connectivity index (χ3n) is 3.08. The molecule has 4 heteroatoms. The van der Waals surface area contributed by atoms with Crippen LogP contribution in [0.2, 0.25) is 0 Å². The van der Waals surface area contributed by atoms with Gasteiger partial charge in [0.15, 0.2) is 0 Å². The molecule has 0 N–H and O–H groups in total. The third kappa shape index (κ3) is 3.47. The van der Waals surface area contributed by atoms with Crippen LogP contribution < -0.4 is 4.74 Å². The predicted molar refractivity (Wildman–Crippen MR) is 70.7 cm³/mol. The molecule has 0 bridgehead atoms. The van der Waals surface area contributed by atoms with Crippen LogP contribution in [0.25, 0.3) is 0 Å². The maximum Gasteiger partial charge on any atom is 0.225 e. The molecular weight excluding hydrogens is 230 g/mol. The van der Waals surface area contributed by atoms with Gasteiger partial charge in [0.2, 0.25) is 5.91 Å². The Kier molecular flexibility index (Phi) is 5.65. The summed E-state index contributed by atoms with van der Waals surface area (Å²) >= 11 is 0. The van der Waals surface area contributed by atoms with Crippen LogP contribution in [0.3, 0.4) is 0 Å². The molecule has 0 fully saturated rings. The van der Waals surface area contributed by atoms with Crippen molar-refractivity contribution < 1.29 is 14.3 Å².